The van der Waals surface area contributed by atoms with Gasteiger partial charge in [-0.05, 0) is 37.0 Å². The first-order valence-corrected chi connectivity index (χ1v) is 5.53. The van der Waals surface area contributed by atoms with Gasteiger partial charge in [0.05, 0.1) is 0 Å². The number of hydrogen-bond donors (Lipinski definition) is 1. The predicted molar refractivity (Wildman–Crippen MR) is 51.8 cm³/mol. The average molecular weight is 167 g/mol. The molecule has 0 aliphatic heterocycles. The lowest BCUT2D eigenvalue weighted by Crippen LogP contribution is -2.33. The molecule has 0 saturated heterocycles. The van der Waals surface area contributed by atoms with Crippen LogP contribution in [0.2, 0.25) is 0 Å². The van der Waals surface area contributed by atoms with E-state index in [-0.39, 0.29) is 0 Å². The van der Waals surface area contributed by atoms with Crippen LogP contribution in [0.4, 0.5) is 0 Å². The van der Waals surface area contributed by atoms with E-state index in [4.69, 9.17) is 5.73 Å². The van der Waals surface area contributed by atoms with Crippen molar-refractivity contribution in [3.8, 4) is 0 Å². The van der Waals surface area contributed by atoms with E-state index < -0.39 is 0 Å². The molecule has 0 bridgehead atoms. The molecule has 0 aromatic rings. The van der Waals surface area contributed by atoms with Crippen molar-refractivity contribution in [3.63, 3.8) is 0 Å². The van der Waals surface area contributed by atoms with E-state index in [0.29, 0.717) is 6.04 Å². The molecule has 70 valence electrons. The normalized spacial score (nSPS) is 29.5. The molecule has 0 aromatic heterocycles. The van der Waals surface area contributed by atoms with E-state index in [2.05, 4.69) is 6.92 Å². The van der Waals surface area contributed by atoms with Crippen LogP contribution in [0.3, 0.4) is 0 Å². The molecule has 2 rings (SSSR count). The summed E-state index contributed by atoms with van der Waals surface area (Å²) < 4.78 is 0. The van der Waals surface area contributed by atoms with Gasteiger partial charge in [0.15, 0.2) is 0 Å². The Hall–Kier alpha value is -0.0400. The molecule has 1 heteroatoms. The largest absolute Gasteiger partial charge is 0.327 e. The van der Waals surface area contributed by atoms with Crippen LogP contribution in [0.1, 0.15) is 45.4 Å². The van der Waals surface area contributed by atoms with Crippen LogP contribution in [0.5, 0.6) is 0 Å². The number of hydrogen-bond acceptors (Lipinski definition) is 1. The molecule has 2 N–H and O–H groups in total. The minimum atomic E-state index is 0.503. The summed E-state index contributed by atoms with van der Waals surface area (Å²) in [7, 11) is 0. The molecule has 2 unspecified atom stereocenters. The maximum atomic E-state index is 6.17. The zero-order valence-electron chi connectivity index (χ0n) is 8.13. The molecule has 2 saturated carbocycles. The molecule has 1 nitrogen and oxygen atoms in total. The van der Waals surface area contributed by atoms with Crippen LogP contribution in [-0.2, 0) is 0 Å². The zero-order chi connectivity index (χ0) is 8.55. The van der Waals surface area contributed by atoms with Crippen molar-refractivity contribution in [2.24, 2.45) is 23.5 Å². The fraction of sp³-hybridized carbons (Fsp3) is 1.00. The quantitative estimate of drug-likeness (QED) is 0.684. The SMILES string of the molecule is CC(C(N)CC1CCC1)C1CC1. The third-order valence-electron chi connectivity index (χ3n) is 3.87. The van der Waals surface area contributed by atoms with E-state index in [1.54, 1.807) is 0 Å². The van der Waals surface area contributed by atoms with Crippen molar-refractivity contribution in [1.29, 1.82) is 0 Å². The summed E-state index contributed by atoms with van der Waals surface area (Å²) in [6.45, 7) is 2.35. The van der Waals surface area contributed by atoms with E-state index in [1.807, 2.05) is 0 Å². The van der Waals surface area contributed by atoms with Crippen molar-refractivity contribution in [2.45, 2.75) is 51.5 Å². The van der Waals surface area contributed by atoms with Gasteiger partial charge in [0.25, 0.3) is 0 Å². The monoisotopic (exact) mass is 167 g/mol. The smallest absolute Gasteiger partial charge is 0.00698 e. The molecule has 0 heterocycles. The van der Waals surface area contributed by atoms with Gasteiger partial charge in [-0.3, -0.25) is 0 Å². The Kier molecular flexibility index (Phi) is 2.40. The first-order chi connectivity index (χ1) is 5.77. The van der Waals surface area contributed by atoms with Crippen molar-refractivity contribution in [3.05, 3.63) is 0 Å². The van der Waals surface area contributed by atoms with E-state index in [9.17, 15) is 0 Å². The summed E-state index contributed by atoms with van der Waals surface area (Å²) in [5, 5.41) is 0. The van der Waals surface area contributed by atoms with Gasteiger partial charge in [-0.15, -0.1) is 0 Å². The second-order valence-electron chi connectivity index (χ2n) is 4.89. The van der Waals surface area contributed by atoms with E-state index in [0.717, 1.165) is 17.8 Å². The Bertz CT molecular complexity index is 147. The molecule has 2 fully saturated rings. The van der Waals surface area contributed by atoms with Crippen LogP contribution < -0.4 is 5.73 Å². The molecule has 0 aromatic carbocycles. The third-order valence-corrected chi connectivity index (χ3v) is 3.87. The van der Waals surface area contributed by atoms with Crippen LogP contribution in [0.25, 0.3) is 0 Å². The summed E-state index contributed by atoms with van der Waals surface area (Å²) in [5.41, 5.74) is 6.17. The maximum Gasteiger partial charge on any atom is 0.00698 e. The molecule has 0 amide bonds. The Labute approximate surface area is 75.7 Å². The van der Waals surface area contributed by atoms with Crippen molar-refractivity contribution in [2.75, 3.05) is 0 Å². The highest BCUT2D eigenvalue weighted by Crippen LogP contribution is 2.40. The molecule has 12 heavy (non-hydrogen) atoms. The maximum absolute atomic E-state index is 6.17. The van der Waals surface area contributed by atoms with Gasteiger partial charge in [-0.2, -0.15) is 0 Å². The molecule has 2 aliphatic rings. The molecule has 0 spiro atoms. The van der Waals surface area contributed by atoms with Gasteiger partial charge in [0, 0.05) is 6.04 Å². The molecule has 2 atom stereocenters. The first kappa shape index (κ1) is 8.55. The van der Waals surface area contributed by atoms with Gasteiger partial charge in [0.2, 0.25) is 0 Å². The Balaban J connectivity index is 1.70. The van der Waals surface area contributed by atoms with Crippen LogP contribution in [-0.4, -0.2) is 6.04 Å². The number of nitrogens with two attached hydrogens (primary N) is 1. The van der Waals surface area contributed by atoms with Gasteiger partial charge in [-0.1, -0.05) is 26.2 Å². The number of rotatable bonds is 4. The van der Waals surface area contributed by atoms with E-state index in [1.165, 1.54) is 38.5 Å². The topological polar surface area (TPSA) is 26.0 Å². The van der Waals surface area contributed by atoms with Crippen LogP contribution >= 0.6 is 0 Å². The molecular formula is C11H21N. The summed E-state index contributed by atoms with van der Waals surface area (Å²) in [6.07, 6.45) is 8.54. The lowest BCUT2D eigenvalue weighted by atomic mass is 9.78. The zero-order valence-corrected chi connectivity index (χ0v) is 8.13. The van der Waals surface area contributed by atoms with Gasteiger partial charge >= 0.3 is 0 Å². The molecular weight excluding hydrogens is 146 g/mol. The Morgan fingerprint density at radius 2 is 1.92 bits per heavy atom. The van der Waals surface area contributed by atoms with Crippen LogP contribution in [0, 0.1) is 17.8 Å². The standard InChI is InChI=1S/C11H21N/c1-8(10-5-6-10)11(12)7-9-3-2-4-9/h8-11H,2-7,12H2,1H3. The van der Waals surface area contributed by atoms with Gasteiger partial charge < -0.3 is 5.73 Å². The minimum Gasteiger partial charge on any atom is -0.327 e. The molecule has 2 aliphatic carbocycles. The van der Waals surface area contributed by atoms with Crippen LogP contribution in [0.15, 0.2) is 0 Å². The second kappa shape index (κ2) is 3.37. The average Bonchev–Trinajstić information content (AvgIpc) is 2.77. The third kappa shape index (κ3) is 1.82. The summed E-state index contributed by atoms with van der Waals surface area (Å²) in [5.74, 6) is 2.77. The highest BCUT2D eigenvalue weighted by molar-refractivity contribution is 4.87. The van der Waals surface area contributed by atoms with Gasteiger partial charge in [0.1, 0.15) is 0 Å². The Morgan fingerprint density at radius 3 is 2.33 bits per heavy atom. The summed E-state index contributed by atoms with van der Waals surface area (Å²) in [4.78, 5) is 0. The van der Waals surface area contributed by atoms with Crippen molar-refractivity contribution >= 4 is 0 Å². The van der Waals surface area contributed by atoms with E-state index >= 15 is 0 Å². The Morgan fingerprint density at radius 1 is 1.25 bits per heavy atom. The second-order valence-corrected chi connectivity index (χ2v) is 4.89. The molecule has 0 radical (unpaired) electrons. The van der Waals surface area contributed by atoms with Crippen molar-refractivity contribution < 1.29 is 0 Å². The van der Waals surface area contributed by atoms with Crippen molar-refractivity contribution in [1.82, 2.24) is 0 Å². The highest BCUT2D eigenvalue weighted by Gasteiger charge is 2.33. The highest BCUT2D eigenvalue weighted by atomic mass is 14.7. The first-order valence-electron chi connectivity index (χ1n) is 5.53. The summed E-state index contributed by atoms with van der Waals surface area (Å²) >= 11 is 0. The fourth-order valence-electron chi connectivity index (χ4n) is 2.30. The lowest BCUT2D eigenvalue weighted by molar-refractivity contribution is 0.243. The lowest BCUT2D eigenvalue weighted by Gasteiger charge is -2.30. The van der Waals surface area contributed by atoms with Gasteiger partial charge in [-0.25, -0.2) is 0 Å². The minimum absolute atomic E-state index is 0.503. The predicted octanol–water partition coefficient (Wildman–Crippen LogP) is 2.55. The fourth-order valence-corrected chi connectivity index (χ4v) is 2.30. The summed E-state index contributed by atoms with van der Waals surface area (Å²) in [6, 6.07) is 0.503.